The highest BCUT2D eigenvalue weighted by Gasteiger charge is 2.03. The Hall–Kier alpha value is -0.390. The highest BCUT2D eigenvalue weighted by molar-refractivity contribution is 9.10. The second kappa shape index (κ2) is 5.80. The number of hydrogen-bond donors (Lipinski definition) is 0. The highest BCUT2D eigenvalue weighted by Crippen LogP contribution is 2.25. The van der Waals surface area contributed by atoms with Gasteiger partial charge in [-0.25, -0.2) is 4.98 Å². The molecule has 0 radical (unpaired) electrons. The zero-order valence-corrected chi connectivity index (χ0v) is 12.0. The van der Waals surface area contributed by atoms with Gasteiger partial charge in [0.2, 0.25) is 0 Å². The highest BCUT2D eigenvalue weighted by atomic mass is 79.9. The Morgan fingerprint density at radius 1 is 1.44 bits per heavy atom. The van der Waals surface area contributed by atoms with Crippen LogP contribution in [0.25, 0.3) is 0 Å². The predicted octanol–water partition coefficient (Wildman–Crippen LogP) is 4.16. The molecule has 0 unspecified atom stereocenters. The number of nitrogens with zero attached hydrogens (tertiary/aromatic N) is 2. The first kappa shape index (κ1) is 12.1. The first-order chi connectivity index (χ1) is 7.78. The van der Waals surface area contributed by atoms with E-state index < -0.39 is 0 Å². The Balaban J connectivity index is 1.96. The van der Waals surface area contributed by atoms with E-state index in [0.29, 0.717) is 0 Å². The summed E-state index contributed by atoms with van der Waals surface area (Å²) in [5, 5.41) is 0. The summed E-state index contributed by atoms with van der Waals surface area (Å²) in [6.45, 7) is 2.07. The molecule has 0 saturated carbocycles. The van der Waals surface area contributed by atoms with E-state index in [1.54, 1.807) is 11.8 Å². The van der Waals surface area contributed by atoms with Gasteiger partial charge in [0.15, 0.2) is 4.34 Å². The molecule has 1 heterocycles. The molecule has 1 aromatic carbocycles. The Bertz CT molecular complexity index is 471. The van der Waals surface area contributed by atoms with Crippen molar-refractivity contribution in [2.75, 3.05) is 0 Å². The molecule has 0 aliphatic carbocycles. The first-order valence-electron chi connectivity index (χ1n) is 4.97. The molecule has 2 rings (SSSR count). The molecule has 0 spiro atoms. The summed E-state index contributed by atoms with van der Waals surface area (Å²) in [5.41, 5.74) is 1.30. The van der Waals surface area contributed by atoms with E-state index in [2.05, 4.69) is 50.4 Å². The lowest BCUT2D eigenvalue weighted by atomic mass is 10.2. The summed E-state index contributed by atoms with van der Waals surface area (Å²) >= 11 is 6.70. The van der Waals surface area contributed by atoms with Gasteiger partial charge >= 0.3 is 0 Å². The number of benzene rings is 1. The molecule has 0 fully saturated rings. The normalized spacial score (nSPS) is 10.6. The summed E-state index contributed by atoms with van der Waals surface area (Å²) < 4.78 is 6.44. The molecule has 16 heavy (non-hydrogen) atoms. The molecule has 0 N–H and O–H groups in total. The summed E-state index contributed by atoms with van der Waals surface area (Å²) in [4.78, 5) is 4.42. The summed E-state index contributed by atoms with van der Waals surface area (Å²) in [7, 11) is 0. The number of halogens is 1. The van der Waals surface area contributed by atoms with Crippen LogP contribution in [0.3, 0.4) is 0 Å². The zero-order chi connectivity index (χ0) is 11.4. The molecular weight excluding hydrogens is 304 g/mol. The second-order valence-corrected chi connectivity index (χ2v) is 6.14. The SMILES string of the molecule is CCc1nsc(SCc2cccc(Br)c2)n1. The maximum atomic E-state index is 4.42. The quantitative estimate of drug-likeness (QED) is 0.793. The van der Waals surface area contributed by atoms with E-state index in [0.717, 1.165) is 26.8 Å². The minimum Gasteiger partial charge on any atom is -0.213 e. The van der Waals surface area contributed by atoms with Crippen LogP contribution in [0.4, 0.5) is 0 Å². The van der Waals surface area contributed by atoms with Crippen LogP contribution < -0.4 is 0 Å². The number of aryl methyl sites for hydroxylation is 1. The van der Waals surface area contributed by atoms with Crippen LogP contribution in [0.2, 0.25) is 0 Å². The predicted molar refractivity (Wildman–Crippen MR) is 73.0 cm³/mol. The lowest BCUT2D eigenvalue weighted by Crippen LogP contribution is -1.82. The number of hydrogen-bond acceptors (Lipinski definition) is 4. The Labute approximate surface area is 112 Å². The van der Waals surface area contributed by atoms with Gasteiger partial charge in [0.1, 0.15) is 5.82 Å². The van der Waals surface area contributed by atoms with Crippen LogP contribution in [-0.2, 0) is 12.2 Å². The van der Waals surface area contributed by atoms with E-state index in [9.17, 15) is 0 Å². The Morgan fingerprint density at radius 3 is 3.00 bits per heavy atom. The van der Waals surface area contributed by atoms with Crippen LogP contribution >= 0.6 is 39.2 Å². The summed E-state index contributed by atoms with van der Waals surface area (Å²) in [6.07, 6.45) is 0.911. The van der Waals surface area contributed by atoms with Gasteiger partial charge in [-0.15, -0.1) is 0 Å². The fourth-order valence-corrected chi connectivity index (χ4v) is 3.30. The lowest BCUT2D eigenvalue weighted by molar-refractivity contribution is 0.971. The van der Waals surface area contributed by atoms with Crippen LogP contribution in [0, 0.1) is 0 Å². The lowest BCUT2D eigenvalue weighted by Gasteiger charge is -1.98. The van der Waals surface area contributed by atoms with E-state index in [-0.39, 0.29) is 0 Å². The fourth-order valence-electron chi connectivity index (χ4n) is 1.21. The van der Waals surface area contributed by atoms with Gasteiger partial charge in [-0.3, -0.25) is 0 Å². The van der Waals surface area contributed by atoms with Gasteiger partial charge in [0, 0.05) is 16.6 Å². The molecular formula is C11H11BrN2S2. The summed E-state index contributed by atoms with van der Waals surface area (Å²) in [5.74, 6) is 1.89. The second-order valence-electron chi connectivity index (χ2n) is 3.25. The Kier molecular flexibility index (Phi) is 4.37. The van der Waals surface area contributed by atoms with Gasteiger partial charge in [0.05, 0.1) is 0 Å². The largest absolute Gasteiger partial charge is 0.213 e. The van der Waals surface area contributed by atoms with Crippen molar-refractivity contribution in [1.82, 2.24) is 9.36 Å². The number of rotatable bonds is 4. The summed E-state index contributed by atoms with van der Waals surface area (Å²) in [6, 6.07) is 8.35. The van der Waals surface area contributed by atoms with Crippen molar-refractivity contribution in [2.24, 2.45) is 0 Å². The van der Waals surface area contributed by atoms with Crippen molar-refractivity contribution in [3.8, 4) is 0 Å². The molecule has 0 amide bonds. The van der Waals surface area contributed by atoms with Gasteiger partial charge in [-0.1, -0.05) is 46.7 Å². The van der Waals surface area contributed by atoms with E-state index in [4.69, 9.17) is 0 Å². The topological polar surface area (TPSA) is 25.8 Å². The van der Waals surface area contributed by atoms with Crippen molar-refractivity contribution in [3.63, 3.8) is 0 Å². The fraction of sp³-hybridized carbons (Fsp3) is 0.273. The molecule has 84 valence electrons. The number of aromatic nitrogens is 2. The molecule has 0 atom stereocenters. The standard InChI is InChI=1S/C11H11BrN2S2/c1-2-10-13-11(16-14-10)15-7-8-4-3-5-9(12)6-8/h3-6H,2,7H2,1H3. The van der Waals surface area contributed by atoms with Crippen molar-refractivity contribution in [2.45, 2.75) is 23.4 Å². The van der Waals surface area contributed by atoms with Crippen molar-refractivity contribution in [3.05, 3.63) is 40.1 Å². The molecule has 1 aromatic heterocycles. The molecule has 2 nitrogen and oxygen atoms in total. The zero-order valence-electron chi connectivity index (χ0n) is 8.81. The maximum Gasteiger partial charge on any atom is 0.170 e. The third kappa shape index (κ3) is 3.30. The minimum atomic E-state index is 0.911. The van der Waals surface area contributed by atoms with Gasteiger partial charge < -0.3 is 0 Å². The molecule has 0 bridgehead atoms. The Morgan fingerprint density at radius 2 is 2.31 bits per heavy atom. The van der Waals surface area contributed by atoms with E-state index >= 15 is 0 Å². The van der Waals surface area contributed by atoms with Crippen molar-refractivity contribution < 1.29 is 0 Å². The molecule has 5 heteroatoms. The molecule has 0 saturated heterocycles. The molecule has 0 aliphatic rings. The molecule has 0 aliphatic heterocycles. The third-order valence-electron chi connectivity index (χ3n) is 2.02. The average molecular weight is 315 g/mol. The van der Waals surface area contributed by atoms with E-state index in [1.165, 1.54) is 17.1 Å². The van der Waals surface area contributed by atoms with Gasteiger partial charge in [-0.05, 0) is 29.2 Å². The van der Waals surface area contributed by atoms with Crippen LogP contribution in [0.15, 0.2) is 33.1 Å². The van der Waals surface area contributed by atoms with Gasteiger partial charge in [0.25, 0.3) is 0 Å². The van der Waals surface area contributed by atoms with Crippen molar-refractivity contribution in [1.29, 1.82) is 0 Å². The van der Waals surface area contributed by atoms with Crippen molar-refractivity contribution >= 4 is 39.2 Å². The minimum absolute atomic E-state index is 0.911. The maximum absolute atomic E-state index is 4.42. The molecule has 2 aromatic rings. The number of thioether (sulfide) groups is 1. The third-order valence-corrected chi connectivity index (χ3v) is 4.45. The average Bonchev–Trinajstić information content (AvgIpc) is 2.74. The van der Waals surface area contributed by atoms with Crippen LogP contribution in [0.1, 0.15) is 18.3 Å². The van der Waals surface area contributed by atoms with Crippen LogP contribution in [0.5, 0.6) is 0 Å². The van der Waals surface area contributed by atoms with E-state index in [1.807, 2.05) is 6.07 Å². The van der Waals surface area contributed by atoms with Gasteiger partial charge in [-0.2, -0.15) is 4.37 Å². The first-order valence-corrected chi connectivity index (χ1v) is 7.53. The smallest absolute Gasteiger partial charge is 0.170 e. The van der Waals surface area contributed by atoms with Crippen LogP contribution in [-0.4, -0.2) is 9.36 Å². The monoisotopic (exact) mass is 314 g/mol.